The Bertz CT molecular complexity index is 1020. The van der Waals surface area contributed by atoms with E-state index in [4.69, 9.17) is 4.42 Å². The number of para-hydroxylation sites is 2. The number of benzene rings is 2. The van der Waals surface area contributed by atoms with Crippen LogP contribution in [0.5, 0.6) is 0 Å². The zero-order chi connectivity index (χ0) is 19.6. The summed E-state index contributed by atoms with van der Waals surface area (Å²) in [4.78, 5) is 25.5. The minimum atomic E-state index is -4.48. The molecule has 3 rings (SSSR count). The van der Waals surface area contributed by atoms with Crippen LogP contribution in [0.25, 0.3) is 11.1 Å². The molecule has 1 aromatic heterocycles. The molecule has 0 fully saturated rings. The highest BCUT2D eigenvalue weighted by Gasteiger charge is 2.33. The Balaban J connectivity index is 1.70. The molecule has 5 nitrogen and oxygen atoms in total. The summed E-state index contributed by atoms with van der Waals surface area (Å²) in [6.07, 6.45) is -4.52. The number of amides is 1. The largest absolute Gasteiger partial charge is 0.419 e. The molecule has 8 heteroatoms. The maximum absolute atomic E-state index is 13.1. The fraction of sp³-hybridized carbons (Fsp3) is 0.263. The predicted molar refractivity (Wildman–Crippen MR) is 93.0 cm³/mol. The number of rotatable bonds is 5. The van der Waals surface area contributed by atoms with E-state index in [9.17, 15) is 22.8 Å². The van der Waals surface area contributed by atoms with E-state index in [1.807, 2.05) is 0 Å². The maximum atomic E-state index is 13.1. The van der Waals surface area contributed by atoms with Gasteiger partial charge in [-0.05, 0) is 23.8 Å². The summed E-state index contributed by atoms with van der Waals surface area (Å²) in [5, 5.41) is 0. The first-order valence-corrected chi connectivity index (χ1v) is 8.25. The van der Waals surface area contributed by atoms with Crippen LogP contribution < -0.4 is 5.76 Å². The molecule has 0 bridgehead atoms. The summed E-state index contributed by atoms with van der Waals surface area (Å²) in [6.45, 7) is -0.0878. The first-order valence-electron chi connectivity index (χ1n) is 8.25. The van der Waals surface area contributed by atoms with Crippen molar-refractivity contribution in [2.75, 3.05) is 7.05 Å². The van der Waals surface area contributed by atoms with Crippen LogP contribution in [-0.2, 0) is 24.1 Å². The van der Waals surface area contributed by atoms with Crippen LogP contribution in [0.1, 0.15) is 17.5 Å². The number of oxazole rings is 1. The van der Waals surface area contributed by atoms with E-state index in [1.165, 1.54) is 34.7 Å². The number of carbonyl (C=O) groups is 1. The fourth-order valence-electron chi connectivity index (χ4n) is 2.90. The highest BCUT2D eigenvalue weighted by Crippen LogP contribution is 2.32. The van der Waals surface area contributed by atoms with Crippen molar-refractivity contribution in [2.24, 2.45) is 0 Å². The molecular weight excluding hydrogens is 361 g/mol. The molecular formula is C19H17F3N2O3. The van der Waals surface area contributed by atoms with E-state index in [1.54, 1.807) is 24.3 Å². The zero-order valence-corrected chi connectivity index (χ0v) is 14.5. The molecule has 0 N–H and O–H groups in total. The van der Waals surface area contributed by atoms with Crippen LogP contribution in [0.3, 0.4) is 0 Å². The molecule has 142 valence electrons. The summed E-state index contributed by atoms with van der Waals surface area (Å²) in [5.74, 6) is -0.946. The third-order valence-electron chi connectivity index (χ3n) is 4.28. The van der Waals surface area contributed by atoms with Gasteiger partial charge in [0.15, 0.2) is 5.58 Å². The number of fused-ring (bicyclic) bond motifs is 1. The zero-order valence-electron chi connectivity index (χ0n) is 14.5. The molecule has 0 saturated heterocycles. The maximum Gasteiger partial charge on any atom is 0.419 e. The molecule has 0 spiro atoms. The van der Waals surface area contributed by atoms with Gasteiger partial charge < -0.3 is 9.32 Å². The number of aromatic nitrogens is 1. The van der Waals surface area contributed by atoms with Gasteiger partial charge in [0.2, 0.25) is 5.91 Å². The van der Waals surface area contributed by atoms with Crippen LogP contribution in [0.4, 0.5) is 13.2 Å². The van der Waals surface area contributed by atoms with Gasteiger partial charge in [-0.15, -0.1) is 0 Å². The lowest BCUT2D eigenvalue weighted by molar-refractivity contribution is -0.139. The van der Waals surface area contributed by atoms with Gasteiger partial charge in [-0.25, -0.2) is 4.79 Å². The molecule has 2 aromatic carbocycles. The monoisotopic (exact) mass is 378 g/mol. The Kier molecular flexibility index (Phi) is 5.07. The Morgan fingerprint density at radius 1 is 1.11 bits per heavy atom. The van der Waals surface area contributed by atoms with Gasteiger partial charge in [-0.2, -0.15) is 13.2 Å². The van der Waals surface area contributed by atoms with E-state index in [2.05, 4.69) is 0 Å². The summed E-state index contributed by atoms with van der Waals surface area (Å²) in [7, 11) is 1.44. The van der Waals surface area contributed by atoms with Crippen molar-refractivity contribution in [3.8, 4) is 0 Å². The topological polar surface area (TPSA) is 55.5 Å². The predicted octanol–water partition coefficient (Wildman–Crippen LogP) is 3.66. The van der Waals surface area contributed by atoms with Crippen molar-refractivity contribution in [1.82, 2.24) is 9.47 Å². The Labute approximate surface area is 152 Å². The van der Waals surface area contributed by atoms with E-state index in [0.717, 1.165) is 6.07 Å². The molecule has 1 amide bonds. The van der Waals surface area contributed by atoms with Crippen LogP contribution >= 0.6 is 0 Å². The molecule has 0 radical (unpaired) electrons. The van der Waals surface area contributed by atoms with Crippen LogP contribution in [0, 0.1) is 0 Å². The highest BCUT2D eigenvalue weighted by atomic mass is 19.4. The van der Waals surface area contributed by atoms with Gasteiger partial charge in [0.05, 0.1) is 11.1 Å². The number of hydrogen-bond acceptors (Lipinski definition) is 3. The van der Waals surface area contributed by atoms with Crippen LogP contribution in [-0.4, -0.2) is 22.4 Å². The molecule has 0 atom stereocenters. The second-order valence-electron chi connectivity index (χ2n) is 6.14. The van der Waals surface area contributed by atoms with E-state index < -0.39 is 17.5 Å². The Hall–Kier alpha value is -3.03. The molecule has 0 aliphatic rings. The van der Waals surface area contributed by atoms with Gasteiger partial charge >= 0.3 is 11.9 Å². The van der Waals surface area contributed by atoms with Crippen molar-refractivity contribution in [2.45, 2.75) is 25.7 Å². The lowest BCUT2D eigenvalue weighted by atomic mass is 10.1. The first kappa shape index (κ1) is 18.8. The summed E-state index contributed by atoms with van der Waals surface area (Å²) >= 11 is 0. The summed E-state index contributed by atoms with van der Waals surface area (Å²) in [6, 6.07) is 12.0. The average molecular weight is 378 g/mol. The molecule has 1 heterocycles. The quantitative estimate of drug-likeness (QED) is 0.681. The molecule has 0 saturated carbocycles. The number of carbonyl (C=O) groups excluding carboxylic acids is 1. The number of halogens is 3. The summed E-state index contributed by atoms with van der Waals surface area (Å²) in [5.41, 5.74) is 0.247. The molecule has 3 aromatic rings. The number of hydrogen-bond donors (Lipinski definition) is 0. The number of nitrogens with zero attached hydrogens (tertiary/aromatic N) is 2. The third kappa shape index (κ3) is 4.05. The Morgan fingerprint density at radius 2 is 1.78 bits per heavy atom. The van der Waals surface area contributed by atoms with Crippen LogP contribution in [0.2, 0.25) is 0 Å². The van der Waals surface area contributed by atoms with Crippen molar-refractivity contribution in [1.29, 1.82) is 0 Å². The molecule has 0 unspecified atom stereocenters. The van der Waals surface area contributed by atoms with Crippen molar-refractivity contribution >= 4 is 17.0 Å². The van der Waals surface area contributed by atoms with Gasteiger partial charge in [0.25, 0.3) is 0 Å². The molecule has 0 aliphatic heterocycles. The standard InChI is InChI=1S/C19H17F3N2O3/c1-23(12-13-6-2-3-7-14(13)19(20,21)22)17(25)10-11-24-15-8-4-5-9-16(15)27-18(24)26/h2-9H,10-12H2,1H3. The van der Waals surface area contributed by atoms with Crippen molar-refractivity contribution in [3.05, 3.63) is 70.2 Å². The fourth-order valence-corrected chi connectivity index (χ4v) is 2.90. The van der Waals surface area contributed by atoms with Gasteiger partial charge in [0, 0.05) is 26.6 Å². The summed E-state index contributed by atoms with van der Waals surface area (Å²) < 4.78 is 45.7. The van der Waals surface area contributed by atoms with Gasteiger partial charge in [-0.1, -0.05) is 30.3 Å². The minimum Gasteiger partial charge on any atom is -0.408 e. The SMILES string of the molecule is CN(Cc1ccccc1C(F)(F)F)C(=O)CCn1c(=O)oc2ccccc21. The molecule has 0 aliphatic carbocycles. The van der Waals surface area contributed by atoms with Crippen LogP contribution in [0.15, 0.2) is 57.7 Å². The lowest BCUT2D eigenvalue weighted by Gasteiger charge is -2.20. The highest BCUT2D eigenvalue weighted by molar-refractivity contribution is 5.76. The van der Waals surface area contributed by atoms with Crippen molar-refractivity contribution < 1.29 is 22.4 Å². The van der Waals surface area contributed by atoms with Gasteiger partial charge in [-0.3, -0.25) is 9.36 Å². The molecule has 27 heavy (non-hydrogen) atoms. The van der Waals surface area contributed by atoms with E-state index in [0.29, 0.717) is 11.1 Å². The normalized spacial score (nSPS) is 11.7. The Morgan fingerprint density at radius 3 is 2.52 bits per heavy atom. The minimum absolute atomic E-state index is 0.0202. The average Bonchev–Trinajstić information content (AvgIpc) is 2.94. The second kappa shape index (κ2) is 7.30. The smallest absolute Gasteiger partial charge is 0.408 e. The van der Waals surface area contributed by atoms with E-state index >= 15 is 0 Å². The van der Waals surface area contributed by atoms with E-state index in [-0.39, 0.29) is 31.0 Å². The number of alkyl halides is 3. The third-order valence-corrected chi connectivity index (χ3v) is 4.28. The number of aryl methyl sites for hydroxylation is 1. The lowest BCUT2D eigenvalue weighted by Crippen LogP contribution is -2.29. The van der Waals surface area contributed by atoms with Gasteiger partial charge in [0.1, 0.15) is 0 Å². The van der Waals surface area contributed by atoms with Crippen molar-refractivity contribution in [3.63, 3.8) is 0 Å². The first-order chi connectivity index (χ1) is 12.8. The second-order valence-corrected chi connectivity index (χ2v) is 6.14.